The van der Waals surface area contributed by atoms with Crippen molar-refractivity contribution in [3.63, 3.8) is 0 Å². The first kappa shape index (κ1) is 53.9. The van der Waals surface area contributed by atoms with E-state index in [9.17, 15) is 5.11 Å². The van der Waals surface area contributed by atoms with Crippen molar-refractivity contribution in [2.24, 2.45) is 109 Å². The Balaban J connectivity index is 0.856. The normalized spacial score (nSPS) is 49.5. The van der Waals surface area contributed by atoms with Crippen LogP contribution in [-0.2, 0) is 26.3 Å². The van der Waals surface area contributed by atoms with E-state index in [0.29, 0.717) is 106 Å². The van der Waals surface area contributed by atoms with E-state index in [2.05, 4.69) is 62.6 Å². The minimum Gasteiger partial charge on any atom is -0.509 e. The maximum absolute atomic E-state index is 17.4. The average molecular weight is 1200 g/mol. The van der Waals surface area contributed by atoms with E-state index in [-0.39, 0.29) is 47.1 Å². The lowest BCUT2D eigenvalue weighted by atomic mass is 9.26. The summed E-state index contributed by atoms with van der Waals surface area (Å²) in [4.78, 5) is 39.5. The molecule has 3 N–H and O–H groups in total. The number of hydrogen-bond acceptors (Lipinski definition) is 10. The molecular weight excluding hydrogens is 1100 g/mol. The van der Waals surface area contributed by atoms with E-state index in [4.69, 9.17) is 15.2 Å². The molecule has 10 heteroatoms. The molecule has 0 aromatic heterocycles. The number of aliphatic hydroxyl groups excluding tert-OH is 1. The molecular formula is C76H99N3O5S2. The molecule has 8 spiro atoms. The van der Waals surface area contributed by atoms with Gasteiger partial charge in [-0.3, -0.25) is 9.69 Å². The van der Waals surface area contributed by atoms with Crippen LogP contribution in [0, 0.1) is 103 Å². The molecule has 0 radical (unpaired) electrons. The van der Waals surface area contributed by atoms with E-state index in [1.807, 2.05) is 0 Å². The summed E-state index contributed by atoms with van der Waals surface area (Å²) < 4.78 is 15.4. The first-order chi connectivity index (χ1) is 42.0. The summed E-state index contributed by atoms with van der Waals surface area (Å²) in [5, 5.41) is 14.5. The van der Waals surface area contributed by atoms with Gasteiger partial charge >= 0.3 is 11.9 Å². The quantitative estimate of drug-likeness (QED) is 0.172. The molecule has 10 aliphatic heterocycles. The van der Waals surface area contributed by atoms with Crippen molar-refractivity contribution in [3.8, 4) is 0 Å². The van der Waals surface area contributed by atoms with Crippen molar-refractivity contribution in [1.82, 2.24) is 9.80 Å². The summed E-state index contributed by atoms with van der Waals surface area (Å²) in [6.07, 6.45) is 42.2. The molecule has 1 aromatic rings. The molecule has 11 fully saturated rings. The Kier molecular flexibility index (Phi) is 11.5. The van der Waals surface area contributed by atoms with Crippen molar-refractivity contribution in [2.45, 2.75) is 230 Å². The zero-order valence-electron chi connectivity index (χ0n) is 52.1. The molecule has 8 saturated carbocycles. The number of ether oxygens (including phenoxy) is 2. The third-order valence-corrected chi connectivity index (χ3v) is 35.0. The number of piperidine rings is 2. The number of allylic oxidation sites excluding steroid dienone is 4. The van der Waals surface area contributed by atoms with E-state index >= 15 is 9.59 Å². The predicted molar refractivity (Wildman–Crippen MR) is 339 cm³/mol. The molecule has 8 nitrogen and oxygen atoms in total. The number of aliphatic hydroxyl groups is 1. The second-order valence-corrected chi connectivity index (χ2v) is 37.0. The molecule has 23 rings (SSSR count). The molecule has 460 valence electrons. The van der Waals surface area contributed by atoms with Gasteiger partial charge in [0.05, 0.1) is 11.0 Å². The van der Waals surface area contributed by atoms with Gasteiger partial charge in [-0.1, -0.05) is 121 Å². The summed E-state index contributed by atoms with van der Waals surface area (Å²) in [7, 11) is 4.48. The van der Waals surface area contributed by atoms with E-state index in [1.165, 1.54) is 178 Å². The Hall–Kier alpha value is -2.66. The molecule has 1 unspecified atom stereocenters. The van der Waals surface area contributed by atoms with Crippen LogP contribution in [0.1, 0.15) is 227 Å². The Labute approximate surface area is 521 Å². The predicted octanol–water partition coefficient (Wildman–Crippen LogP) is 16.1. The highest BCUT2D eigenvalue weighted by Crippen LogP contribution is 2.90. The molecule has 0 amide bonds. The number of nitrogens with zero attached hydrogens (tertiary/aromatic N) is 2. The fourth-order valence-corrected chi connectivity index (χ4v) is 33.2. The van der Waals surface area contributed by atoms with Crippen molar-refractivity contribution >= 4 is 33.5 Å². The molecule has 10 heterocycles. The number of rotatable bonds is 4. The summed E-state index contributed by atoms with van der Waals surface area (Å²) in [5.41, 5.74) is 15.8. The van der Waals surface area contributed by atoms with E-state index < -0.39 is 16.4 Å². The number of fused-ring (bicyclic) bond motifs is 9. The van der Waals surface area contributed by atoms with E-state index in [0.717, 1.165) is 61.2 Å². The van der Waals surface area contributed by atoms with Crippen LogP contribution in [0.25, 0.3) is 0 Å². The molecule has 86 heavy (non-hydrogen) atoms. The zero-order valence-corrected chi connectivity index (χ0v) is 53.7. The molecule has 1 aromatic carbocycles. The van der Waals surface area contributed by atoms with Crippen LogP contribution in [0.2, 0.25) is 0 Å². The highest BCUT2D eigenvalue weighted by molar-refractivity contribution is 8.76. The zero-order chi connectivity index (χ0) is 57.1. The lowest BCUT2D eigenvalue weighted by Gasteiger charge is -2.75. The van der Waals surface area contributed by atoms with Gasteiger partial charge in [0.2, 0.25) is 0 Å². The van der Waals surface area contributed by atoms with Crippen LogP contribution >= 0.6 is 21.6 Å². The lowest BCUT2D eigenvalue weighted by Crippen LogP contribution is -2.78. The summed E-state index contributed by atoms with van der Waals surface area (Å²) in [5.74, 6) is 7.15. The maximum atomic E-state index is 17.4. The Morgan fingerprint density at radius 2 is 1.58 bits per heavy atom. The number of nitrogens with two attached hydrogens (primary N) is 1. The number of aryl methyl sites for hydroxylation is 1. The summed E-state index contributed by atoms with van der Waals surface area (Å²) in [6, 6.07) is 7.36. The number of carbonyl (C=O) groups excluding carboxylic acids is 2. The SMILES string of the molecule is C[C@@H]1CC2=C3[C@H]4C5=C6[C@H]7C[C@]41C[C@H]1CSSC[C@@H]4[C@@H](CCCC48CCCC8)[C@@H](C=C17)C[C@H]1[C@]64C(=O)O/C(=C(/O)C[C@@H]([C@@H]6CC7(CCCC7)[C@@]7(CCCC78CCCC8)C6)N6C[C@@H]7C[C@H](C6)[C@@H](CC2)N3C7)[C@@]4(CC5)[C@]12OC(=O)c1c(CCCN)cccc12. The number of benzene rings is 1. The first-order valence-corrected chi connectivity index (χ1v) is 39.1. The highest BCUT2D eigenvalue weighted by atomic mass is 33.1. The Morgan fingerprint density at radius 1 is 0.779 bits per heavy atom. The Bertz CT molecular complexity index is 3260. The smallest absolute Gasteiger partial charge is 0.339 e. The summed E-state index contributed by atoms with van der Waals surface area (Å²) >= 11 is 0. The van der Waals surface area contributed by atoms with Crippen LogP contribution in [0.15, 0.2) is 63.8 Å². The van der Waals surface area contributed by atoms with Gasteiger partial charge in [0.1, 0.15) is 11.2 Å². The Morgan fingerprint density at radius 3 is 2.43 bits per heavy atom. The second-order valence-electron chi connectivity index (χ2n) is 34.4. The maximum Gasteiger partial charge on any atom is 0.339 e. The largest absolute Gasteiger partial charge is 0.509 e. The number of hydrogen-bond donors (Lipinski definition) is 2. The highest BCUT2D eigenvalue weighted by Gasteiger charge is 2.94. The van der Waals surface area contributed by atoms with Crippen molar-refractivity contribution in [1.29, 1.82) is 0 Å². The van der Waals surface area contributed by atoms with Crippen molar-refractivity contribution < 1.29 is 24.2 Å². The third kappa shape index (κ3) is 6.23. The van der Waals surface area contributed by atoms with Gasteiger partial charge in [-0.2, -0.15) is 0 Å². The van der Waals surface area contributed by atoms with Crippen LogP contribution in [0.5, 0.6) is 0 Å². The molecule has 16 bridgehead atoms. The van der Waals surface area contributed by atoms with Crippen LogP contribution < -0.4 is 5.73 Å². The second kappa shape index (κ2) is 18.3. The summed E-state index contributed by atoms with van der Waals surface area (Å²) in [6.45, 7) is 6.64. The van der Waals surface area contributed by atoms with Crippen LogP contribution in [0.3, 0.4) is 0 Å². The average Bonchev–Trinajstić information content (AvgIpc) is 1.27. The molecule has 3 saturated heterocycles. The monoisotopic (exact) mass is 1200 g/mol. The van der Waals surface area contributed by atoms with Gasteiger partial charge in [0, 0.05) is 78.7 Å². The number of carbonyl (C=O) groups is 2. The van der Waals surface area contributed by atoms with Crippen molar-refractivity contribution in [2.75, 3.05) is 37.7 Å². The standard InChI is InChI=1S/C76H99N3O5S2/c1-44-30-47-16-17-58-49-31-45-39-78(41-49)59(50-35-71(24-6-7-25-71)73(37-50)27-11-26-70(73)22-4-5-23-70)34-60(80)66-74-28-18-53-63-55-38-72(44,64(53)65(47)79(58)40-45)36-51-42-85-86-43-57-52(14-9-21-69(57)19-2-3-20-69)48(32-54(51)55)33-61(75(63,74)68(82)83-66)76(74)56-15-8-12-46(13-10-29-77)62(56)67(81)84-76/h8,12,15,32,44-45,48-52,55,57-59,61,64,80H,2-7,9-11,13-14,16-31,33-43,77H2,1H3/b54-32?,66-60+/t44-,45+,48+,49-,50-,51+,52+,55+,57-,58-,59+,61+,64-,72+,73+,74-,75-,76-/m1/s1. The van der Waals surface area contributed by atoms with Gasteiger partial charge in [0.25, 0.3) is 0 Å². The van der Waals surface area contributed by atoms with Gasteiger partial charge < -0.3 is 25.2 Å². The lowest BCUT2D eigenvalue weighted by molar-refractivity contribution is -0.284. The minimum absolute atomic E-state index is 0.0890. The minimum atomic E-state index is -1.16. The van der Waals surface area contributed by atoms with E-state index in [1.54, 1.807) is 22.4 Å². The molecule has 12 aliphatic carbocycles. The molecule has 22 aliphatic rings. The van der Waals surface area contributed by atoms with Gasteiger partial charge in [-0.25, -0.2) is 4.79 Å². The molecule has 19 atom stereocenters. The van der Waals surface area contributed by atoms with Gasteiger partial charge in [-0.05, 0) is 240 Å². The van der Waals surface area contributed by atoms with Crippen LogP contribution in [-0.4, -0.2) is 76.6 Å². The fourth-order valence-electron chi connectivity index (χ4n) is 30.3. The van der Waals surface area contributed by atoms with Crippen LogP contribution in [0.4, 0.5) is 0 Å². The van der Waals surface area contributed by atoms with Gasteiger partial charge in [-0.15, -0.1) is 0 Å². The third-order valence-electron chi connectivity index (χ3n) is 32.5. The fraction of sp³-hybridized carbons (Fsp3) is 0.789. The topological polar surface area (TPSA) is 105 Å². The number of esters is 2. The van der Waals surface area contributed by atoms with Crippen molar-refractivity contribution in [3.05, 3.63) is 80.5 Å². The first-order valence-electron chi connectivity index (χ1n) is 36.6. The van der Waals surface area contributed by atoms with Gasteiger partial charge in [0.15, 0.2) is 11.4 Å².